The van der Waals surface area contributed by atoms with Gasteiger partial charge in [-0.1, -0.05) is 107 Å². The fourth-order valence-corrected chi connectivity index (χ4v) is 10.9. The van der Waals surface area contributed by atoms with Crippen molar-refractivity contribution in [3.8, 4) is 0 Å². The molecule has 160 valence electrons. The zero-order chi connectivity index (χ0) is 21.2. The summed E-state index contributed by atoms with van der Waals surface area (Å²) in [6.45, 7) is 13.2. The molecule has 0 aromatic carbocycles. The summed E-state index contributed by atoms with van der Waals surface area (Å²) < 4.78 is 4.67. The Morgan fingerprint density at radius 1 is 0.536 bits per heavy atom. The van der Waals surface area contributed by atoms with Crippen molar-refractivity contribution in [2.75, 3.05) is 12.5 Å². The number of aromatic nitrogens is 4. The summed E-state index contributed by atoms with van der Waals surface area (Å²) >= 11 is 3.32. The van der Waals surface area contributed by atoms with E-state index in [1.54, 1.807) is 87.4 Å². The Morgan fingerprint density at radius 2 is 0.821 bits per heavy atom. The normalized spacial score (nSPS) is 12.0. The van der Waals surface area contributed by atoms with Gasteiger partial charge in [-0.05, 0) is 55.7 Å². The Hall–Kier alpha value is 1.92. The number of nitrogens with zero attached hydrogens (tertiary/aromatic N) is 4. The van der Waals surface area contributed by atoms with Crippen molar-refractivity contribution in [2.24, 2.45) is 0 Å². The molecule has 0 radical (unpaired) electrons. The topological polar surface area (TPSA) is 51.6 Å². The molecule has 0 aliphatic carbocycles. The molecule has 2 aromatic heterocycles. The van der Waals surface area contributed by atoms with Crippen molar-refractivity contribution in [1.29, 1.82) is 0 Å². The Labute approximate surface area is 208 Å². The standard InChI is InChI=1S/C10H18N2S5.C4H6N2S5/c1-9(2,3)16-14-7-11-12-8(13-7)15-17-10(4,5)6;1-7-10-3-5-6-4(9-3)11-8-2/h1-6H3;1-2H3. The van der Waals surface area contributed by atoms with E-state index in [0.29, 0.717) is 0 Å². The van der Waals surface area contributed by atoms with Crippen LogP contribution in [-0.4, -0.2) is 42.4 Å². The van der Waals surface area contributed by atoms with E-state index < -0.39 is 0 Å². The molecule has 0 unspecified atom stereocenters. The van der Waals surface area contributed by atoms with E-state index in [0.717, 1.165) is 17.4 Å². The van der Waals surface area contributed by atoms with Crippen molar-refractivity contribution < 1.29 is 0 Å². The molecule has 14 heteroatoms. The van der Waals surface area contributed by atoms with Gasteiger partial charge in [0.1, 0.15) is 0 Å². The molecular weight excluding hydrogens is 545 g/mol. The minimum Gasteiger partial charge on any atom is -0.130 e. The first-order chi connectivity index (χ1) is 13.0. The monoisotopic (exact) mass is 568 g/mol. The first kappa shape index (κ1) is 28.0. The van der Waals surface area contributed by atoms with Crippen LogP contribution in [0.5, 0.6) is 0 Å². The van der Waals surface area contributed by atoms with Crippen molar-refractivity contribution >= 4 is 109 Å². The fourth-order valence-electron chi connectivity index (χ4n) is 0.993. The van der Waals surface area contributed by atoms with Gasteiger partial charge in [0, 0.05) is 9.49 Å². The molecule has 0 amide bonds. The molecule has 28 heavy (non-hydrogen) atoms. The summed E-state index contributed by atoms with van der Waals surface area (Å²) in [6.07, 6.45) is 4.07. The van der Waals surface area contributed by atoms with Crippen LogP contribution in [0.1, 0.15) is 41.5 Å². The maximum atomic E-state index is 4.20. The van der Waals surface area contributed by atoms with E-state index in [9.17, 15) is 0 Å². The third-order valence-electron chi connectivity index (χ3n) is 1.81. The summed E-state index contributed by atoms with van der Waals surface area (Å²) in [5.41, 5.74) is 0. The van der Waals surface area contributed by atoms with Gasteiger partial charge in [0.25, 0.3) is 0 Å². The lowest BCUT2D eigenvalue weighted by atomic mass is 10.3. The van der Waals surface area contributed by atoms with Gasteiger partial charge in [0.05, 0.1) is 0 Å². The molecule has 2 aromatic rings. The summed E-state index contributed by atoms with van der Waals surface area (Å²) in [4.78, 5) is 0. The number of rotatable bonds is 8. The Bertz CT molecular complexity index is 623. The predicted molar refractivity (Wildman–Crippen MR) is 145 cm³/mol. The molecule has 0 bridgehead atoms. The predicted octanol–water partition coefficient (Wildman–Crippen LogP) is 8.89. The van der Waals surface area contributed by atoms with Gasteiger partial charge in [-0.15, -0.1) is 20.4 Å². The number of hydrogen-bond donors (Lipinski definition) is 0. The molecule has 0 aliphatic rings. The van der Waals surface area contributed by atoms with Crippen LogP contribution in [0.3, 0.4) is 0 Å². The highest BCUT2D eigenvalue weighted by atomic mass is 33.1. The van der Waals surface area contributed by atoms with Crippen LogP contribution in [0, 0.1) is 0 Å². The smallest absolute Gasteiger partial charge is 0.130 e. The minimum atomic E-state index is 0.254. The zero-order valence-electron chi connectivity index (χ0n) is 16.9. The first-order valence-corrected chi connectivity index (χ1v) is 18.9. The highest BCUT2D eigenvalue weighted by Gasteiger charge is 2.16. The lowest BCUT2D eigenvalue weighted by molar-refractivity contribution is 0.810. The van der Waals surface area contributed by atoms with E-state index in [4.69, 9.17) is 0 Å². The lowest BCUT2D eigenvalue weighted by Crippen LogP contribution is -2.04. The molecule has 2 rings (SSSR count). The maximum Gasteiger partial charge on any atom is 0.185 e. The van der Waals surface area contributed by atoms with Gasteiger partial charge in [-0.2, -0.15) is 0 Å². The van der Waals surface area contributed by atoms with E-state index in [2.05, 4.69) is 61.9 Å². The fraction of sp³-hybridized carbons (Fsp3) is 0.714. The first-order valence-electron chi connectivity index (χ1n) is 7.82. The average molecular weight is 569 g/mol. The third-order valence-corrected chi connectivity index (χ3v) is 14.9. The molecule has 0 aliphatic heterocycles. The maximum absolute atomic E-state index is 4.20. The van der Waals surface area contributed by atoms with Crippen LogP contribution >= 0.6 is 109 Å². The van der Waals surface area contributed by atoms with Gasteiger partial charge in [0.15, 0.2) is 17.4 Å². The molecule has 0 N–H and O–H groups in total. The molecule has 4 nitrogen and oxygen atoms in total. The highest BCUT2D eigenvalue weighted by Crippen LogP contribution is 2.46. The summed E-state index contributed by atoms with van der Waals surface area (Å²) in [5, 5.41) is 16.4. The second-order valence-electron chi connectivity index (χ2n) is 6.73. The van der Waals surface area contributed by atoms with Gasteiger partial charge >= 0.3 is 0 Å². The van der Waals surface area contributed by atoms with Gasteiger partial charge in [-0.25, -0.2) is 0 Å². The number of hydrogen-bond acceptors (Lipinski definition) is 14. The zero-order valence-corrected chi connectivity index (χ0v) is 25.0. The third kappa shape index (κ3) is 14.1. The molecule has 0 spiro atoms. The molecule has 0 saturated heterocycles. The van der Waals surface area contributed by atoms with E-state index in [-0.39, 0.29) is 9.49 Å². The summed E-state index contributed by atoms with van der Waals surface area (Å²) in [7, 11) is 13.8. The SMILES string of the molecule is CC(C)(C)SSc1nnc(SSC(C)(C)C)s1.CSSc1nnc(SSC)s1. The quantitative estimate of drug-likeness (QED) is 0.286. The van der Waals surface area contributed by atoms with Crippen LogP contribution in [0.15, 0.2) is 17.4 Å². The lowest BCUT2D eigenvalue weighted by Gasteiger charge is -2.14. The van der Waals surface area contributed by atoms with E-state index in [1.807, 2.05) is 34.1 Å². The molecule has 0 atom stereocenters. The van der Waals surface area contributed by atoms with Crippen LogP contribution < -0.4 is 0 Å². The van der Waals surface area contributed by atoms with Crippen molar-refractivity contribution in [3.63, 3.8) is 0 Å². The average Bonchev–Trinajstić information content (AvgIpc) is 3.21. The second kappa shape index (κ2) is 14.1. The molecule has 0 saturated carbocycles. The highest BCUT2D eigenvalue weighted by molar-refractivity contribution is 8.78. The van der Waals surface area contributed by atoms with E-state index >= 15 is 0 Å². The minimum absolute atomic E-state index is 0.254. The van der Waals surface area contributed by atoms with Gasteiger partial charge < -0.3 is 0 Å². The van der Waals surface area contributed by atoms with Crippen molar-refractivity contribution in [1.82, 2.24) is 20.4 Å². The van der Waals surface area contributed by atoms with Crippen LogP contribution in [0.2, 0.25) is 0 Å². The second-order valence-corrected chi connectivity index (χ2v) is 20.4. The summed E-state index contributed by atoms with van der Waals surface area (Å²) in [6, 6.07) is 0. The Morgan fingerprint density at radius 3 is 1.07 bits per heavy atom. The van der Waals surface area contributed by atoms with Gasteiger partial charge in [0.2, 0.25) is 0 Å². The molecule has 2 heterocycles. The van der Waals surface area contributed by atoms with Crippen LogP contribution in [0.4, 0.5) is 0 Å². The van der Waals surface area contributed by atoms with Crippen molar-refractivity contribution in [2.45, 2.75) is 68.4 Å². The molecule has 0 fully saturated rings. The van der Waals surface area contributed by atoms with Crippen LogP contribution in [0.25, 0.3) is 0 Å². The van der Waals surface area contributed by atoms with Gasteiger partial charge in [-0.3, -0.25) is 0 Å². The Kier molecular flexibility index (Phi) is 14.1. The van der Waals surface area contributed by atoms with Crippen molar-refractivity contribution in [3.05, 3.63) is 0 Å². The van der Waals surface area contributed by atoms with Crippen LogP contribution in [-0.2, 0) is 0 Å². The molecular formula is C14H24N4S10. The largest absolute Gasteiger partial charge is 0.185 e. The Balaban J connectivity index is 0.000000307. The van der Waals surface area contributed by atoms with E-state index in [1.165, 1.54) is 0 Å². The summed E-state index contributed by atoms with van der Waals surface area (Å²) in [5.74, 6) is 0.